The molecule has 0 fully saturated rings. The van der Waals surface area contributed by atoms with Crippen LogP contribution in [0.25, 0.3) is 0 Å². The Morgan fingerprint density at radius 2 is 1.85 bits per heavy atom. The Bertz CT molecular complexity index is 894. The van der Waals surface area contributed by atoms with E-state index in [2.05, 4.69) is 27.4 Å². The van der Waals surface area contributed by atoms with E-state index < -0.39 is 0 Å². The number of amides is 1. The summed E-state index contributed by atoms with van der Waals surface area (Å²) in [5, 5.41) is 3.32. The number of carbonyl (C=O) groups excluding carboxylic acids is 1. The minimum Gasteiger partial charge on any atom is -0.351 e. The molecule has 4 nitrogen and oxygen atoms in total. The molecule has 0 bridgehead atoms. The molecule has 2 aromatic carbocycles. The first-order chi connectivity index (χ1) is 13.0. The second kappa shape index (κ2) is 8.86. The molecule has 1 unspecified atom stereocenters. The van der Waals surface area contributed by atoms with Crippen molar-refractivity contribution in [3.63, 3.8) is 0 Å². The summed E-state index contributed by atoms with van der Waals surface area (Å²) in [5.41, 5.74) is 4.07. The van der Waals surface area contributed by atoms with Gasteiger partial charge in [-0.05, 0) is 37.1 Å². The molecule has 2 N–H and O–H groups in total. The maximum atomic E-state index is 12.9. The van der Waals surface area contributed by atoms with Crippen LogP contribution in [0.4, 0.5) is 4.39 Å². The van der Waals surface area contributed by atoms with Crippen LogP contribution in [0.1, 0.15) is 29.4 Å². The first-order valence-corrected chi connectivity index (χ1v) is 9.67. The number of benzene rings is 2. The molecule has 1 amide bonds. The van der Waals surface area contributed by atoms with Gasteiger partial charge in [-0.1, -0.05) is 54.2 Å². The lowest BCUT2D eigenvalue weighted by molar-refractivity contribution is -0.120. The summed E-state index contributed by atoms with van der Waals surface area (Å²) in [6.45, 7) is 4.22. The fourth-order valence-electron chi connectivity index (χ4n) is 2.64. The zero-order valence-electron chi connectivity index (χ0n) is 15.3. The van der Waals surface area contributed by atoms with Gasteiger partial charge in [-0.3, -0.25) is 4.79 Å². The lowest BCUT2D eigenvalue weighted by Crippen LogP contribution is -2.30. The van der Waals surface area contributed by atoms with Crippen molar-refractivity contribution in [2.24, 2.45) is 0 Å². The molecule has 6 heteroatoms. The average Bonchev–Trinajstić information content (AvgIpc) is 3.00. The van der Waals surface area contributed by atoms with E-state index in [0.29, 0.717) is 6.54 Å². The molecule has 0 aliphatic rings. The van der Waals surface area contributed by atoms with Crippen molar-refractivity contribution in [1.29, 1.82) is 0 Å². The van der Waals surface area contributed by atoms with E-state index in [-0.39, 0.29) is 17.0 Å². The maximum Gasteiger partial charge on any atom is 0.233 e. The molecule has 140 valence electrons. The molecule has 0 radical (unpaired) electrons. The van der Waals surface area contributed by atoms with E-state index in [4.69, 9.17) is 0 Å². The van der Waals surface area contributed by atoms with Gasteiger partial charge in [-0.2, -0.15) is 0 Å². The molecule has 3 aromatic rings. The van der Waals surface area contributed by atoms with Crippen LogP contribution in [0.3, 0.4) is 0 Å². The van der Waals surface area contributed by atoms with E-state index in [0.717, 1.165) is 28.5 Å². The molecule has 1 atom stereocenters. The number of thioether (sulfide) groups is 1. The SMILES string of the molecule is Cc1[nH]c(SC(C)C(=O)NCc2ccc(F)cc2)nc1Cc1ccccc1. The number of nitrogens with one attached hydrogen (secondary N) is 2. The van der Waals surface area contributed by atoms with Gasteiger partial charge >= 0.3 is 0 Å². The van der Waals surface area contributed by atoms with Crippen molar-refractivity contribution in [3.8, 4) is 0 Å². The van der Waals surface area contributed by atoms with Crippen LogP contribution in [-0.4, -0.2) is 21.1 Å². The fourth-order valence-corrected chi connectivity index (χ4v) is 3.54. The van der Waals surface area contributed by atoms with Crippen LogP contribution in [0.2, 0.25) is 0 Å². The third-order valence-electron chi connectivity index (χ3n) is 4.22. The van der Waals surface area contributed by atoms with Gasteiger partial charge < -0.3 is 10.3 Å². The van der Waals surface area contributed by atoms with E-state index in [1.807, 2.05) is 32.0 Å². The molecular weight excluding hydrogens is 361 g/mol. The fraction of sp³-hybridized carbons (Fsp3) is 0.238. The Morgan fingerprint density at radius 3 is 2.56 bits per heavy atom. The van der Waals surface area contributed by atoms with E-state index in [1.165, 1.54) is 29.5 Å². The van der Waals surface area contributed by atoms with Crippen LogP contribution in [0, 0.1) is 12.7 Å². The highest BCUT2D eigenvalue weighted by Gasteiger charge is 2.17. The number of H-pyrrole nitrogens is 1. The zero-order chi connectivity index (χ0) is 19.2. The minimum atomic E-state index is -0.291. The number of carbonyl (C=O) groups is 1. The largest absolute Gasteiger partial charge is 0.351 e. The average molecular weight is 383 g/mol. The second-order valence-electron chi connectivity index (χ2n) is 6.38. The summed E-state index contributed by atoms with van der Waals surface area (Å²) in [6, 6.07) is 16.3. The summed E-state index contributed by atoms with van der Waals surface area (Å²) in [4.78, 5) is 20.2. The first-order valence-electron chi connectivity index (χ1n) is 8.79. The smallest absolute Gasteiger partial charge is 0.233 e. The highest BCUT2D eigenvalue weighted by molar-refractivity contribution is 8.00. The van der Waals surface area contributed by atoms with Crippen LogP contribution in [-0.2, 0) is 17.8 Å². The molecule has 1 heterocycles. The number of imidazole rings is 1. The number of hydrogen-bond acceptors (Lipinski definition) is 3. The van der Waals surface area contributed by atoms with Gasteiger partial charge in [-0.15, -0.1) is 0 Å². The third-order valence-corrected chi connectivity index (χ3v) is 5.20. The molecule has 0 aliphatic carbocycles. The van der Waals surface area contributed by atoms with Crippen LogP contribution in [0.5, 0.6) is 0 Å². The number of nitrogens with zero attached hydrogens (tertiary/aromatic N) is 1. The van der Waals surface area contributed by atoms with E-state index in [9.17, 15) is 9.18 Å². The molecule has 0 saturated carbocycles. The van der Waals surface area contributed by atoms with Crippen molar-refractivity contribution < 1.29 is 9.18 Å². The quantitative estimate of drug-likeness (QED) is 0.600. The van der Waals surface area contributed by atoms with Gasteiger partial charge in [0, 0.05) is 18.7 Å². The highest BCUT2D eigenvalue weighted by Crippen LogP contribution is 2.23. The number of aryl methyl sites for hydroxylation is 1. The molecule has 27 heavy (non-hydrogen) atoms. The molecular formula is C21H22FN3OS. The number of aromatic nitrogens is 2. The number of rotatable bonds is 7. The lowest BCUT2D eigenvalue weighted by Gasteiger charge is -2.10. The molecule has 1 aromatic heterocycles. The predicted octanol–water partition coefficient (Wildman–Crippen LogP) is 4.25. The number of hydrogen-bond donors (Lipinski definition) is 2. The first kappa shape index (κ1) is 19.2. The normalized spacial score (nSPS) is 12.0. The van der Waals surface area contributed by atoms with Crippen molar-refractivity contribution in [2.45, 2.75) is 37.2 Å². The Balaban J connectivity index is 1.55. The Labute approximate surface area is 162 Å². The van der Waals surface area contributed by atoms with Crippen molar-refractivity contribution in [2.75, 3.05) is 0 Å². The Hall–Kier alpha value is -2.60. The standard InChI is InChI=1S/C21H22FN3OS/c1-14-19(12-16-6-4-3-5-7-16)25-21(24-14)27-15(2)20(26)23-13-17-8-10-18(22)11-9-17/h3-11,15H,12-13H2,1-2H3,(H,23,26)(H,24,25). The maximum absolute atomic E-state index is 12.9. The lowest BCUT2D eigenvalue weighted by atomic mass is 10.1. The third kappa shape index (κ3) is 5.44. The van der Waals surface area contributed by atoms with Crippen molar-refractivity contribution in [3.05, 3.63) is 82.9 Å². The Morgan fingerprint density at radius 1 is 1.15 bits per heavy atom. The van der Waals surface area contributed by atoms with Gasteiger partial charge in [0.05, 0.1) is 10.9 Å². The van der Waals surface area contributed by atoms with E-state index >= 15 is 0 Å². The molecule has 3 rings (SSSR count). The van der Waals surface area contributed by atoms with Crippen LogP contribution in [0.15, 0.2) is 59.8 Å². The summed E-state index contributed by atoms with van der Waals surface area (Å²) in [7, 11) is 0. The number of halogens is 1. The summed E-state index contributed by atoms with van der Waals surface area (Å²) >= 11 is 1.40. The zero-order valence-corrected chi connectivity index (χ0v) is 16.1. The molecule has 0 saturated heterocycles. The minimum absolute atomic E-state index is 0.0806. The summed E-state index contributed by atoms with van der Waals surface area (Å²) < 4.78 is 12.9. The van der Waals surface area contributed by atoms with Gasteiger partial charge in [0.1, 0.15) is 5.82 Å². The van der Waals surface area contributed by atoms with E-state index in [1.54, 1.807) is 12.1 Å². The van der Waals surface area contributed by atoms with Crippen molar-refractivity contribution in [1.82, 2.24) is 15.3 Å². The predicted molar refractivity (Wildman–Crippen MR) is 106 cm³/mol. The summed E-state index contributed by atoms with van der Waals surface area (Å²) in [5.74, 6) is -0.364. The number of aromatic amines is 1. The van der Waals surface area contributed by atoms with Gasteiger partial charge in [0.2, 0.25) is 5.91 Å². The Kier molecular flexibility index (Phi) is 6.29. The van der Waals surface area contributed by atoms with Gasteiger partial charge in [0.15, 0.2) is 5.16 Å². The van der Waals surface area contributed by atoms with Crippen LogP contribution >= 0.6 is 11.8 Å². The highest BCUT2D eigenvalue weighted by atomic mass is 32.2. The van der Waals surface area contributed by atoms with Gasteiger partial charge in [-0.25, -0.2) is 9.37 Å². The molecule has 0 aliphatic heterocycles. The van der Waals surface area contributed by atoms with Crippen LogP contribution < -0.4 is 5.32 Å². The van der Waals surface area contributed by atoms with Crippen molar-refractivity contribution >= 4 is 17.7 Å². The molecule has 0 spiro atoms. The second-order valence-corrected chi connectivity index (χ2v) is 7.71. The topological polar surface area (TPSA) is 57.8 Å². The summed E-state index contributed by atoms with van der Waals surface area (Å²) in [6.07, 6.45) is 0.759. The monoisotopic (exact) mass is 383 g/mol. The van der Waals surface area contributed by atoms with Gasteiger partial charge in [0.25, 0.3) is 0 Å².